The summed E-state index contributed by atoms with van der Waals surface area (Å²) in [4.78, 5) is 11.0. The van der Waals surface area contributed by atoms with Crippen molar-refractivity contribution in [3.05, 3.63) is 29.3 Å². The molecule has 1 aromatic carbocycles. The molecule has 0 fully saturated rings. The van der Waals surface area contributed by atoms with Gasteiger partial charge in [0.25, 0.3) is 5.91 Å². The average Bonchev–Trinajstić information content (AvgIpc) is 2.39. The zero-order valence-electron chi connectivity index (χ0n) is 11.8. The number of rotatable bonds is 6. The minimum absolute atomic E-state index is 0.192. The topological polar surface area (TPSA) is 89.3 Å². The minimum Gasteiger partial charge on any atom is -0.349 e. The van der Waals surface area contributed by atoms with Crippen LogP contribution in [0.3, 0.4) is 0 Å². The Balaban J connectivity index is 3.19. The van der Waals surface area contributed by atoms with Crippen LogP contribution >= 0.6 is 0 Å². The zero-order valence-corrected chi connectivity index (χ0v) is 12.6. The highest BCUT2D eigenvalue weighted by atomic mass is 32.2. The van der Waals surface area contributed by atoms with Crippen molar-refractivity contribution in [2.24, 2.45) is 5.14 Å². The van der Waals surface area contributed by atoms with Crippen LogP contribution in [0.4, 0.5) is 8.78 Å². The number of sulfonamides is 1. The molecule has 0 aliphatic carbocycles. The Morgan fingerprint density at radius 1 is 1.33 bits per heavy atom. The van der Waals surface area contributed by atoms with Crippen LogP contribution in [-0.4, -0.2) is 20.4 Å². The van der Waals surface area contributed by atoms with Gasteiger partial charge in [-0.3, -0.25) is 4.79 Å². The van der Waals surface area contributed by atoms with Crippen LogP contribution in [0.1, 0.15) is 43.5 Å². The van der Waals surface area contributed by atoms with Crippen LogP contribution in [0.2, 0.25) is 0 Å². The molecular weight excluding hydrogens is 302 g/mol. The van der Waals surface area contributed by atoms with E-state index in [0.717, 1.165) is 6.42 Å². The molecule has 21 heavy (non-hydrogen) atoms. The van der Waals surface area contributed by atoms with E-state index in [4.69, 9.17) is 5.14 Å². The maximum Gasteiger partial charge on any atom is 0.254 e. The van der Waals surface area contributed by atoms with Gasteiger partial charge >= 0.3 is 0 Å². The number of benzene rings is 1. The van der Waals surface area contributed by atoms with Gasteiger partial charge in [-0.15, -0.1) is 0 Å². The molecule has 0 saturated carbocycles. The first kappa shape index (κ1) is 17.5. The maximum atomic E-state index is 14.1. The fraction of sp³-hybridized carbons (Fsp3) is 0.462. The normalized spacial score (nSPS) is 13.0. The molecule has 3 N–H and O–H groups in total. The second kappa shape index (κ2) is 6.95. The van der Waals surface area contributed by atoms with Crippen LogP contribution < -0.4 is 10.5 Å². The van der Waals surface area contributed by atoms with Gasteiger partial charge in [0.2, 0.25) is 10.0 Å². The quantitative estimate of drug-likeness (QED) is 0.839. The Kier molecular flexibility index (Phi) is 5.79. The lowest BCUT2D eigenvalue weighted by molar-refractivity contribution is 0.0928. The first-order chi connectivity index (χ1) is 9.70. The largest absolute Gasteiger partial charge is 0.349 e. The van der Waals surface area contributed by atoms with Crippen LogP contribution in [0, 0.1) is 11.6 Å². The van der Waals surface area contributed by atoms with E-state index in [1.54, 1.807) is 0 Å². The van der Waals surface area contributed by atoms with E-state index >= 15 is 0 Å². The average molecular weight is 320 g/mol. The highest BCUT2D eigenvalue weighted by molar-refractivity contribution is 7.89. The lowest BCUT2D eigenvalue weighted by atomic mass is 10.1. The molecule has 5 nitrogen and oxygen atoms in total. The Hall–Kier alpha value is -1.54. The molecule has 1 unspecified atom stereocenters. The minimum atomic E-state index is -4.45. The zero-order chi connectivity index (χ0) is 16.2. The first-order valence-corrected chi connectivity index (χ1v) is 8.08. The first-order valence-electron chi connectivity index (χ1n) is 6.53. The van der Waals surface area contributed by atoms with Crippen molar-refractivity contribution in [2.75, 3.05) is 0 Å². The standard InChI is InChI=1S/C13H18F2N2O3S/c1-3-5-9(4-2)17-13(18)10-6-8(14)7-11(12(10)15)21(16,19)20/h6-7,9H,3-5H2,1-2H3,(H,17,18)(H2,16,19,20). The van der Waals surface area contributed by atoms with Crippen molar-refractivity contribution in [1.82, 2.24) is 5.32 Å². The van der Waals surface area contributed by atoms with E-state index in [-0.39, 0.29) is 6.04 Å². The number of hydrogen-bond donors (Lipinski definition) is 2. The highest BCUT2D eigenvalue weighted by Crippen LogP contribution is 2.19. The predicted molar refractivity (Wildman–Crippen MR) is 74.2 cm³/mol. The van der Waals surface area contributed by atoms with E-state index in [1.807, 2.05) is 13.8 Å². The number of nitrogens with two attached hydrogens (primary N) is 1. The summed E-state index contributed by atoms with van der Waals surface area (Å²) in [6, 6.07) is 0.908. The summed E-state index contributed by atoms with van der Waals surface area (Å²) in [6.45, 7) is 3.77. The number of primary sulfonamides is 1. The van der Waals surface area contributed by atoms with E-state index in [1.165, 1.54) is 0 Å². The third kappa shape index (κ3) is 4.47. The number of halogens is 2. The van der Waals surface area contributed by atoms with Gasteiger partial charge in [0.1, 0.15) is 10.7 Å². The van der Waals surface area contributed by atoms with Crippen molar-refractivity contribution in [2.45, 2.75) is 44.0 Å². The molecule has 0 aliphatic heterocycles. The second-order valence-electron chi connectivity index (χ2n) is 4.68. The molecule has 0 saturated heterocycles. The van der Waals surface area contributed by atoms with Crippen LogP contribution in [0.15, 0.2) is 17.0 Å². The summed E-state index contributed by atoms with van der Waals surface area (Å²) in [5.41, 5.74) is -0.673. The Bertz CT molecular complexity index is 633. The molecule has 118 valence electrons. The summed E-state index contributed by atoms with van der Waals surface area (Å²) in [7, 11) is -4.45. The third-order valence-corrected chi connectivity index (χ3v) is 3.93. The van der Waals surface area contributed by atoms with E-state index in [0.29, 0.717) is 25.0 Å². The summed E-state index contributed by atoms with van der Waals surface area (Å²) in [6.07, 6.45) is 2.12. The molecule has 8 heteroatoms. The Morgan fingerprint density at radius 2 is 1.95 bits per heavy atom. The monoisotopic (exact) mass is 320 g/mol. The van der Waals surface area contributed by atoms with Gasteiger partial charge in [0.05, 0.1) is 5.56 Å². The van der Waals surface area contributed by atoms with Crippen LogP contribution in [-0.2, 0) is 10.0 Å². The van der Waals surface area contributed by atoms with Crippen molar-refractivity contribution in [3.63, 3.8) is 0 Å². The Morgan fingerprint density at radius 3 is 2.43 bits per heavy atom. The lowest BCUT2D eigenvalue weighted by Gasteiger charge is -2.16. The summed E-state index contributed by atoms with van der Waals surface area (Å²) < 4.78 is 49.9. The number of amides is 1. The summed E-state index contributed by atoms with van der Waals surface area (Å²) in [5.74, 6) is -3.26. The molecule has 1 rings (SSSR count). The fourth-order valence-corrected chi connectivity index (χ4v) is 2.56. The van der Waals surface area contributed by atoms with Gasteiger partial charge < -0.3 is 5.32 Å². The van der Waals surface area contributed by atoms with E-state index in [2.05, 4.69) is 5.32 Å². The van der Waals surface area contributed by atoms with Crippen LogP contribution in [0.25, 0.3) is 0 Å². The molecule has 0 aromatic heterocycles. The van der Waals surface area contributed by atoms with E-state index in [9.17, 15) is 22.0 Å². The molecule has 0 heterocycles. The van der Waals surface area contributed by atoms with Gasteiger partial charge in [0, 0.05) is 6.04 Å². The summed E-state index contributed by atoms with van der Waals surface area (Å²) in [5, 5.41) is 7.35. The molecule has 1 amide bonds. The molecule has 0 bridgehead atoms. The molecule has 1 atom stereocenters. The van der Waals surface area contributed by atoms with Gasteiger partial charge in [-0.1, -0.05) is 20.3 Å². The van der Waals surface area contributed by atoms with E-state index < -0.39 is 38.0 Å². The van der Waals surface area contributed by atoms with Gasteiger partial charge in [-0.2, -0.15) is 0 Å². The predicted octanol–water partition coefficient (Wildman–Crippen LogP) is 1.92. The summed E-state index contributed by atoms with van der Waals surface area (Å²) >= 11 is 0. The Labute approximate surface area is 122 Å². The van der Waals surface area contributed by atoms with Crippen molar-refractivity contribution < 1.29 is 22.0 Å². The lowest BCUT2D eigenvalue weighted by Crippen LogP contribution is -2.35. The van der Waals surface area contributed by atoms with Gasteiger partial charge in [-0.05, 0) is 25.0 Å². The molecule has 1 aromatic rings. The molecule has 0 radical (unpaired) electrons. The number of carbonyl (C=O) groups is 1. The van der Waals surface area contributed by atoms with Crippen molar-refractivity contribution >= 4 is 15.9 Å². The van der Waals surface area contributed by atoms with Crippen LogP contribution in [0.5, 0.6) is 0 Å². The second-order valence-corrected chi connectivity index (χ2v) is 6.21. The van der Waals surface area contributed by atoms with Gasteiger partial charge in [0.15, 0.2) is 5.82 Å². The number of hydrogen-bond acceptors (Lipinski definition) is 3. The molecular formula is C13H18F2N2O3S. The van der Waals surface area contributed by atoms with Gasteiger partial charge in [-0.25, -0.2) is 22.3 Å². The third-order valence-electron chi connectivity index (χ3n) is 3.02. The fourth-order valence-electron chi connectivity index (χ4n) is 1.93. The molecule has 0 aliphatic rings. The number of nitrogens with one attached hydrogen (secondary N) is 1. The number of carbonyl (C=O) groups excluding carboxylic acids is 1. The van der Waals surface area contributed by atoms with Crippen molar-refractivity contribution in [3.8, 4) is 0 Å². The maximum absolute atomic E-state index is 14.1. The molecule has 0 spiro atoms. The highest BCUT2D eigenvalue weighted by Gasteiger charge is 2.24. The van der Waals surface area contributed by atoms with Crippen molar-refractivity contribution in [1.29, 1.82) is 0 Å². The smallest absolute Gasteiger partial charge is 0.254 e. The SMILES string of the molecule is CCCC(CC)NC(=O)c1cc(F)cc(S(N)(=O)=O)c1F.